The van der Waals surface area contributed by atoms with E-state index in [0.717, 1.165) is 0 Å². The van der Waals surface area contributed by atoms with E-state index in [0.29, 0.717) is 0 Å². The van der Waals surface area contributed by atoms with E-state index in [4.69, 9.17) is 0 Å². The Hall–Kier alpha value is -0.610. The van der Waals surface area contributed by atoms with Gasteiger partial charge in [0.05, 0.1) is 19.0 Å². The zero-order valence-corrected chi connectivity index (χ0v) is 4.99. The van der Waals surface area contributed by atoms with Gasteiger partial charge in [-0.05, 0) is 0 Å². The molecule has 0 amide bonds. The first-order valence-corrected chi connectivity index (χ1v) is 2.57. The molecule has 5 heteroatoms. The molecule has 0 rings (SSSR count). The Labute approximate surface area is 55.0 Å². The summed E-state index contributed by atoms with van der Waals surface area (Å²) in [7, 11) is 0. The van der Waals surface area contributed by atoms with E-state index >= 15 is 0 Å². The summed E-state index contributed by atoms with van der Waals surface area (Å²) in [4.78, 5) is 9.67. The highest BCUT2D eigenvalue weighted by atomic mass is 19.4. The van der Waals surface area contributed by atoms with Crippen molar-refractivity contribution in [1.29, 1.82) is 0 Å². The zero-order valence-electron chi connectivity index (χ0n) is 4.99. The van der Waals surface area contributed by atoms with Crippen molar-refractivity contribution in [1.82, 2.24) is 0 Å². The molecule has 0 aromatic carbocycles. The molecule has 0 bridgehead atoms. The molecule has 1 nitrogen and oxygen atoms in total. The van der Waals surface area contributed by atoms with Crippen LogP contribution in [0.1, 0.15) is 6.42 Å². The Morgan fingerprint density at radius 1 is 1.40 bits per heavy atom. The third kappa shape index (κ3) is 4.29. The van der Waals surface area contributed by atoms with Crippen LogP contribution in [0.25, 0.3) is 0 Å². The Morgan fingerprint density at radius 3 is 2.00 bits per heavy atom. The molecule has 10 heavy (non-hydrogen) atoms. The minimum atomic E-state index is -4.45. The van der Waals surface area contributed by atoms with Crippen molar-refractivity contribution in [3.8, 4) is 0 Å². The summed E-state index contributed by atoms with van der Waals surface area (Å²) in [5, 5.41) is 0. The van der Waals surface area contributed by atoms with Gasteiger partial charge >= 0.3 is 6.18 Å². The van der Waals surface area contributed by atoms with E-state index in [9.17, 15) is 22.4 Å². The van der Waals surface area contributed by atoms with Crippen LogP contribution in [0.3, 0.4) is 0 Å². The van der Waals surface area contributed by atoms with Crippen molar-refractivity contribution in [2.24, 2.45) is 5.92 Å². The number of alkyl halides is 4. The van der Waals surface area contributed by atoms with Crippen LogP contribution < -0.4 is 0 Å². The predicted octanol–water partition coefficient (Wildman–Crippen LogP) is 1.72. The second kappa shape index (κ2) is 3.53. The molecule has 0 aliphatic carbocycles. The van der Waals surface area contributed by atoms with Gasteiger partial charge in [0.25, 0.3) is 0 Å². The Morgan fingerprint density at radius 2 is 1.90 bits per heavy atom. The van der Waals surface area contributed by atoms with Gasteiger partial charge in [-0.2, -0.15) is 13.2 Å². The molecule has 0 heterocycles. The molecule has 0 radical (unpaired) electrons. The summed E-state index contributed by atoms with van der Waals surface area (Å²) < 4.78 is 45.5. The molecule has 0 aromatic heterocycles. The third-order valence-electron chi connectivity index (χ3n) is 0.884. The maximum atomic E-state index is 11.5. The fourth-order valence-electron chi connectivity index (χ4n) is 0.436. The highest BCUT2D eigenvalue weighted by Gasteiger charge is 2.31. The fraction of sp³-hybridized carbons (Fsp3) is 0.800. The SMILES string of the molecule is O=CC(CF)CC(F)(F)F. The van der Waals surface area contributed by atoms with Crippen molar-refractivity contribution >= 4 is 6.29 Å². The van der Waals surface area contributed by atoms with Crippen molar-refractivity contribution in [3.63, 3.8) is 0 Å². The third-order valence-corrected chi connectivity index (χ3v) is 0.884. The van der Waals surface area contributed by atoms with Gasteiger partial charge < -0.3 is 4.79 Å². The van der Waals surface area contributed by atoms with Crippen molar-refractivity contribution in [3.05, 3.63) is 0 Å². The topological polar surface area (TPSA) is 17.1 Å². The van der Waals surface area contributed by atoms with Gasteiger partial charge in [-0.15, -0.1) is 0 Å². The summed E-state index contributed by atoms with van der Waals surface area (Å²) in [6.45, 7) is -1.25. The number of carbonyl (C=O) groups is 1. The minimum Gasteiger partial charge on any atom is -0.303 e. The van der Waals surface area contributed by atoms with E-state index in [-0.39, 0.29) is 6.29 Å². The van der Waals surface area contributed by atoms with Crippen LogP contribution in [0.15, 0.2) is 0 Å². The zero-order chi connectivity index (χ0) is 8.20. The molecular formula is C5H6F4O. The van der Waals surface area contributed by atoms with Gasteiger partial charge in [0.15, 0.2) is 0 Å². The lowest BCUT2D eigenvalue weighted by atomic mass is 10.1. The monoisotopic (exact) mass is 158 g/mol. The molecule has 0 aliphatic heterocycles. The lowest BCUT2D eigenvalue weighted by molar-refractivity contribution is -0.149. The number of hydrogen-bond acceptors (Lipinski definition) is 1. The van der Waals surface area contributed by atoms with E-state index in [1.807, 2.05) is 0 Å². The van der Waals surface area contributed by atoms with E-state index in [1.54, 1.807) is 0 Å². The van der Waals surface area contributed by atoms with Crippen LogP contribution in [0, 0.1) is 5.92 Å². The molecule has 1 unspecified atom stereocenters. The van der Waals surface area contributed by atoms with Gasteiger partial charge in [-0.1, -0.05) is 0 Å². The highest BCUT2D eigenvalue weighted by Crippen LogP contribution is 2.23. The fourth-order valence-corrected chi connectivity index (χ4v) is 0.436. The lowest BCUT2D eigenvalue weighted by Gasteiger charge is -2.07. The maximum Gasteiger partial charge on any atom is 0.389 e. The number of halogens is 4. The van der Waals surface area contributed by atoms with Gasteiger partial charge in [0.2, 0.25) is 0 Å². The first kappa shape index (κ1) is 9.39. The Balaban J connectivity index is 3.74. The Kier molecular flexibility index (Phi) is 3.32. The average Bonchev–Trinajstić information content (AvgIpc) is 1.81. The van der Waals surface area contributed by atoms with Gasteiger partial charge in [0, 0.05) is 0 Å². The quantitative estimate of drug-likeness (QED) is 0.451. The van der Waals surface area contributed by atoms with Crippen molar-refractivity contribution < 1.29 is 22.4 Å². The number of carbonyl (C=O) groups excluding carboxylic acids is 1. The van der Waals surface area contributed by atoms with E-state index < -0.39 is 25.2 Å². The smallest absolute Gasteiger partial charge is 0.303 e. The summed E-state index contributed by atoms with van der Waals surface area (Å²) in [6, 6.07) is 0. The van der Waals surface area contributed by atoms with Crippen LogP contribution >= 0.6 is 0 Å². The maximum absolute atomic E-state index is 11.5. The highest BCUT2D eigenvalue weighted by molar-refractivity contribution is 5.53. The van der Waals surface area contributed by atoms with E-state index in [1.165, 1.54) is 0 Å². The molecule has 60 valence electrons. The van der Waals surface area contributed by atoms with Crippen LogP contribution in [-0.4, -0.2) is 19.1 Å². The van der Waals surface area contributed by atoms with Crippen LogP contribution in [0.2, 0.25) is 0 Å². The average molecular weight is 158 g/mol. The predicted molar refractivity (Wildman–Crippen MR) is 26.2 cm³/mol. The van der Waals surface area contributed by atoms with E-state index in [2.05, 4.69) is 0 Å². The summed E-state index contributed by atoms with van der Waals surface area (Å²) in [6.07, 6.45) is -5.84. The van der Waals surface area contributed by atoms with Gasteiger partial charge in [0.1, 0.15) is 6.29 Å². The standard InChI is InChI=1S/C5H6F4O/c6-2-4(3-10)1-5(7,8)9/h3-4H,1-2H2. The molecule has 0 aromatic rings. The molecule has 0 fully saturated rings. The summed E-state index contributed by atoms with van der Waals surface area (Å²) >= 11 is 0. The van der Waals surface area contributed by atoms with Crippen LogP contribution in [-0.2, 0) is 4.79 Å². The largest absolute Gasteiger partial charge is 0.389 e. The molecule has 1 atom stereocenters. The molecule has 0 spiro atoms. The summed E-state index contributed by atoms with van der Waals surface area (Å²) in [5.74, 6) is -1.53. The van der Waals surface area contributed by atoms with Gasteiger partial charge in [-0.3, -0.25) is 4.39 Å². The second-order valence-electron chi connectivity index (χ2n) is 1.87. The molecule has 0 saturated carbocycles. The van der Waals surface area contributed by atoms with Crippen LogP contribution in [0.5, 0.6) is 0 Å². The Bertz CT molecular complexity index is 109. The lowest BCUT2D eigenvalue weighted by Crippen LogP contribution is -2.17. The first-order valence-electron chi connectivity index (χ1n) is 2.57. The molecule has 0 saturated heterocycles. The minimum absolute atomic E-state index is 0.0203. The van der Waals surface area contributed by atoms with Crippen molar-refractivity contribution in [2.75, 3.05) is 6.67 Å². The number of aldehydes is 1. The van der Waals surface area contributed by atoms with Gasteiger partial charge in [-0.25, -0.2) is 0 Å². The molecule has 0 N–H and O–H groups in total. The van der Waals surface area contributed by atoms with Crippen molar-refractivity contribution in [2.45, 2.75) is 12.6 Å². The number of rotatable bonds is 3. The molecule has 0 aliphatic rings. The summed E-state index contributed by atoms with van der Waals surface area (Å²) in [5.41, 5.74) is 0. The number of hydrogen-bond donors (Lipinski definition) is 0. The molecular weight excluding hydrogens is 152 g/mol. The normalized spacial score (nSPS) is 14.8. The second-order valence-corrected chi connectivity index (χ2v) is 1.87. The first-order chi connectivity index (χ1) is 4.49. The van der Waals surface area contributed by atoms with Crippen LogP contribution in [0.4, 0.5) is 17.6 Å².